The van der Waals surface area contributed by atoms with E-state index < -0.39 is 0 Å². The predicted octanol–water partition coefficient (Wildman–Crippen LogP) is 2.69. The molecule has 0 unspecified atom stereocenters. The van der Waals surface area contributed by atoms with Crippen LogP contribution in [0, 0.1) is 11.7 Å². The van der Waals surface area contributed by atoms with Crippen LogP contribution in [0.25, 0.3) is 11.1 Å². The van der Waals surface area contributed by atoms with Gasteiger partial charge in [0.2, 0.25) is 11.8 Å². The molecule has 1 saturated heterocycles. The van der Waals surface area contributed by atoms with Crippen LogP contribution in [0.3, 0.4) is 0 Å². The molecule has 2 fully saturated rings. The zero-order chi connectivity index (χ0) is 20.5. The second-order valence-corrected chi connectivity index (χ2v) is 7.92. The van der Waals surface area contributed by atoms with Gasteiger partial charge in [0.25, 0.3) is 0 Å². The van der Waals surface area contributed by atoms with Gasteiger partial charge in [-0.3, -0.25) is 9.59 Å². The second kappa shape index (κ2) is 7.95. The molecule has 152 valence electrons. The fourth-order valence-electron chi connectivity index (χ4n) is 4.35. The molecular weight excluding hydrogens is 371 g/mol. The lowest BCUT2D eigenvalue weighted by Crippen LogP contribution is -2.68. The summed E-state index contributed by atoms with van der Waals surface area (Å²) >= 11 is 0. The summed E-state index contributed by atoms with van der Waals surface area (Å²) in [4.78, 5) is 25.8. The highest BCUT2D eigenvalue weighted by atomic mass is 19.1. The van der Waals surface area contributed by atoms with Crippen LogP contribution in [0.5, 0.6) is 0 Å². The van der Waals surface area contributed by atoms with Gasteiger partial charge in [0.05, 0.1) is 18.7 Å². The van der Waals surface area contributed by atoms with Crippen molar-refractivity contribution in [2.24, 2.45) is 5.92 Å². The number of amides is 2. The van der Waals surface area contributed by atoms with Crippen LogP contribution in [0.15, 0.2) is 48.5 Å². The Bertz CT molecular complexity index is 911. The zero-order valence-corrected chi connectivity index (χ0v) is 16.3. The van der Waals surface area contributed by atoms with Crippen molar-refractivity contribution in [2.45, 2.75) is 37.8 Å². The van der Waals surface area contributed by atoms with Gasteiger partial charge >= 0.3 is 0 Å². The average molecular weight is 396 g/mol. The highest BCUT2D eigenvalue weighted by molar-refractivity contribution is 5.81. The number of rotatable bonds is 6. The van der Waals surface area contributed by atoms with Gasteiger partial charge in [-0.2, -0.15) is 0 Å². The lowest BCUT2D eigenvalue weighted by atomic mass is 9.74. The molecule has 1 heterocycles. The lowest BCUT2D eigenvalue weighted by Gasteiger charge is -2.54. The van der Waals surface area contributed by atoms with Crippen molar-refractivity contribution in [3.8, 4) is 11.1 Å². The van der Waals surface area contributed by atoms with Crippen molar-refractivity contribution in [1.29, 1.82) is 0 Å². The lowest BCUT2D eigenvalue weighted by molar-refractivity contribution is -0.148. The van der Waals surface area contributed by atoms with Crippen LogP contribution in [0.4, 0.5) is 4.39 Å². The minimum absolute atomic E-state index is 0.0427. The van der Waals surface area contributed by atoms with E-state index in [4.69, 9.17) is 0 Å². The maximum absolute atomic E-state index is 13.5. The summed E-state index contributed by atoms with van der Waals surface area (Å²) in [6.45, 7) is 1.73. The number of benzene rings is 2. The molecule has 0 spiro atoms. The molecule has 3 atom stereocenters. The molecule has 0 bridgehead atoms. The summed E-state index contributed by atoms with van der Waals surface area (Å²) < 4.78 is 13.5. The Balaban J connectivity index is 1.54. The molecule has 1 saturated carbocycles. The summed E-state index contributed by atoms with van der Waals surface area (Å²) in [5.41, 5.74) is 2.69. The van der Waals surface area contributed by atoms with Crippen LogP contribution in [-0.4, -0.2) is 47.1 Å². The van der Waals surface area contributed by atoms with Crippen LogP contribution in [-0.2, 0) is 9.59 Å². The van der Waals surface area contributed by atoms with E-state index in [0.29, 0.717) is 6.54 Å². The molecule has 2 amide bonds. The minimum atomic E-state index is -0.310. The minimum Gasteiger partial charge on any atom is -0.394 e. The van der Waals surface area contributed by atoms with Crippen molar-refractivity contribution in [2.75, 3.05) is 13.2 Å². The Labute approximate surface area is 169 Å². The number of aliphatic hydroxyl groups excluding tert-OH is 1. The number of hydrogen-bond acceptors (Lipinski definition) is 3. The molecule has 0 aromatic heterocycles. The first-order valence-electron chi connectivity index (χ1n) is 10.0. The van der Waals surface area contributed by atoms with Crippen molar-refractivity contribution < 1.29 is 19.1 Å². The van der Waals surface area contributed by atoms with Crippen LogP contribution < -0.4 is 5.32 Å². The average Bonchev–Trinajstić information content (AvgIpc) is 3.53. The smallest absolute Gasteiger partial charge is 0.223 e. The Hall–Kier alpha value is -2.73. The van der Waals surface area contributed by atoms with Crippen molar-refractivity contribution >= 4 is 11.8 Å². The van der Waals surface area contributed by atoms with Gasteiger partial charge < -0.3 is 15.3 Å². The highest BCUT2D eigenvalue weighted by Gasteiger charge is 2.50. The third kappa shape index (κ3) is 3.90. The van der Waals surface area contributed by atoms with E-state index in [1.165, 1.54) is 19.1 Å². The molecule has 2 aromatic rings. The van der Waals surface area contributed by atoms with E-state index in [-0.39, 0.29) is 48.2 Å². The van der Waals surface area contributed by atoms with Gasteiger partial charge in [-0.15, -0.1) is 0 Å². The molecule has 6 heteroatoms. The Morgan fingerprint density at radius 1 is 1.10 bits per heavy atom. The van der Waals surface area contributed by atoms with Crippen molar-refractivity contribution in [3.05, 3.63) is 59.9 Å². The summed E-state index contributed by atoms with van der Waals surface area (Å²) in [5.74, 6) is -0.304. The summed E-state index contributed by atoms with van der Waals surface area (Å²) in [6, 6.07) is 13.7. The first-order valence-corrected chi connectivity index (χ1v) is 10.0. The monoisotopic (exact) mass is 396 g/mol. The number of hydrogen-bond donors (Lipinski definition) is 2. The molecule has 29 heavy (non-hydrogen) atoms. The molecule has 2 N–H and O–H groups in total. The predicted molar refractivity (Wildman–Crippen MR) is 107 cm³/mol. The van der Waals surface area contributed by atoms with E-state index in [1.807, 2.05) is 30.3 Å². The maximum atomic E-state index is 13.5. The Morgan fingerprint density at radius 3 is 2.41 bits per heavy atom. The molecule has 2 aromatic carbocycles. The number of halogens is 1. The van der Waals surface area contributed by atoms with Gasteiger partial charge in [0.15, 0.2) is 0 Å². The van der Waals surface area contributed by atoms with Crippen LogP contribution in [0.2, 0.25) is 0 Å². The standard InChI is InChI=1S/C23H25FN2O3/c1-14(28)26-20(12-25-23(29)17-9-10-17)22(21(26)13-27)16-7-5-15(6-8-16)18-3-2-4-19(24)11-18/h2-8,11,17,20-22,27H,9-10,12-13H2,1H3,(H,25,29)/t20-,21-,22-/m1/s1. The third-order valence-electron chi connectivity index (χ3n) is 5.98. The molecule has 0 radical (unpaired) electrons. The maximum Gasteiger partial charge on any atom is 0.223 e. The van der Waals surface area contributed by atoms with E-state index >= 15 is 0 Å². The number of aliphatic hydroxyl groups is 1. The SMILES string of the molecule is CC(=O)N1[C@H](CO)[C@H](c2ccc(-c3cccc(F)c3)cc2)[C@H]1CNC(=O)C1CC1. The van der Waals surface area contributed by atoms with E-state index in [9.17, 15) is 19.1 Å². The van der Waals surface area contributed by atoms with Crippen molar-refractivity contribution in [1.82, 2.24) is 10.2 Å². The van der Waals surface area contributed by atoms with Crippen LogP contribution in [0.1, 0.15) is 31.2 Å². The highest BCUT2D eigenvalue weighted by Crippen LogP contribution is 2.41. The molecular formula is C23H25FN2O3. The van der Waals surface area contributed by atoms with Gasteiger partial charge in [0.1, 0.15) is 5.82 Å². The number of carbonyl (C=O) groups is 2. The molecule has 1 aliphatic heterocycles. The fourth-order valence-corrected chi connectivity index (χ4v) is 4.35. The number of carbonyl (C=O) groups excluding carboxylic acids is 2. The van der Waals surface area contributed by atoms with Crippen molar-refractivity contribution in [3.63, 3.8) is 0 Å². The summed E-state index contributed by atoms with van der Waals surface area (Å²) in [7, 11) is 0. The normalized spacial score (nSPS) is 23.4. The Kier molecular flexibility index (Phi) is 5.37. The van der Waals surface area contributed by atoms with Gasteiger partial charge in [-0.1, -0.05) is 36.4 Å². The largest absolute Gasteiger partial charge is 0.394 e. The second-order valence-electron chi connectivity index (χ2n) is 7.92. The molecule has 5 nitrogen and oxygen atoms in total. The number of nitrogens with one attached hydrogen (secondary N) is 1. The van der Waals surface area contributed by atoms with Gasteiger partial charge in [0, 0.05) is 25.3 Å². The summed E-state index contributed by atoms with van der Waals surface area (Å²) in [5, 5.41) is 12.8. The molecule has 1 aliphatic carbocycles. The van der Waals surface area contributed by atoms with E-state index in [0.717, 1.165) is 29.5 Å². The number of likely N-dealkylation sites (tertiary alicyclic amines) is 1. The summed E-state index contributed by atoms with van der Waals surface area (Å²) in [6.07, 6.45) is 1.86. The molecule has 2 aliphatic rings. The van der Waals surface area contributed by atoms with E-state index in [2.05, 4.69) is 5.32 Å². The van der Waals surface area contributed by atoms with Crippen LogP contribution >= 0.6 is 0 Å². The third-order valence-corrected chi connectivity index (χ3v) is 5.98. The fraction of sp³-hybridized carbons (Fsp3) is 0.391. The van der Waals surface area contributed by atoms with Gasteiger partial charge in [-0.25, -0.2) is 4.39 Å². The molecule has 4 rings (SSSR count). The Morgan fingerprint density at radius 2 is 1.83 bits per heavy atom. The quantitative estimate of drug-likeness (QED) is 0.789. The first-order chi connectivity index (χ1) is 14.0. The number of nitrogens with zero attached hydrogens (tertiary/aromatic N) is 1. The van der Waals surface area contributed by atoms with E-state index in [1.54, 1.807) is 11.0 Å². The zero-order valence-electron chi connectivity index (χ0n) is 16.3. The first kappa shape index (κ1) is 19.6. The topological polar surface area (TPSA) is 69.6 Å². The van der Waals surface area contributed by atoms with Gasteiger partial charge in [-0.05, 0) is 41.7 Å².